The number of carbonyl (C=O) groups is 2. The minimum absolute atomic E-state index is 0.0971. The number of hydrogen-bond acceptors (Lipinski definition) is 6. The summed E-state index contributed by atoms with van der Waals surface area (Å²) < 4.78 is 11.7. The number of methoxy groups -OCH3 is 2. The molecule has 118 valence electrons. The van der Waals surface area contributed by atoms with Crippen LogP contribution in [0.3, 0.4) is 0 Å². The highest BCUT2D eigenvalue weighted by Gasteiger charge is 2.31. The van der Waals surface area contributed by atoms with E-state index in [1.165, 1.54) is 30.1 Å². The highest BCUT2D eigenvalue weighted by Crippen LogP contribution is 2.34. The van der Waals surface area contributed by atoms with Gasteiger partial charge in [-0.3, -0.25) is 9.36 Å². The zero-order valence-corrected chi connectivity index (χ0v) is 13.5. The van der Waals surface area contributed by atoms with Crippen molar-refractivity contribution in [3.05, 3.63) is 50.6 Å². The predicted octanol–water partition coefficient (Wildman–Crippen LogP) is 2.37. The van der Waals surface area contributed by atoms with Crippen molar-refractivity contribution >= 4 is 33.5 Å². The first kappa shape index (κ1) is 15.2. The van der Waals surface area contributed by atoms with Gasteiger partial charge in [-0.25, -0.2) is 9.59 Å². The van der Waals surface area contributed by atoms with E-state index in [0.29, 0.717) is 5.52 Å². The van der Waals surface area contributed by atoms with E-state index in [0.717, 1.165) is 4.70 Å². The number of benzene rings is 1. The molecule has 0 fully saturated rings. The summed E-state index contributed by atoms with van der Waals surface area (Å²) in [6, 6.07) is 7.17. The second-order valence-electron chi connectivity index (χ2n) is 4.87. The Morgan fingerprint density at radius 3 is 2.39 bits per heavy atom. The number of esters is 2. The van der Waals surface area contributed by atoms with E-state index in [9.17, 15) is 14.4 Å². The standard InChI is InChI=1S/C16H13NO5S/c1-8-11(15(19)21-2)12-13(16(20)22-3)23-10-7-5-4-6-9(10)17(12)14(8)18/h4-7H,1-3H3. The van der Waals surface area contributed by atoms with Gasteiger partial charge in [0.2, 0.25) is 0 Å². The highest BCUT2D eigenvalue weighted by molar-refractivity contribution is 7.20. The fraction of sp³-hybridized carbons (Fsp3) is 0.188. The minimum atomic E-state index is -0.658. The smallest absolute Gasteiger partial charge is 0.350 e. The molecule has 7 heteroatoms. The summed E-state index contributed by atoms with van der Waals surface area (Å²) in [6.45, 7) is 1.54. The molecule has 0 atom stereocenters. The molecule has 0 saturated heterocycles. The van der Waals surface area contributed by atoms with Crippen LogP contribution in [0.1, 0.15) is 25.6 Å². The normalized spacial score (nSPS) is 10.9. The Labute approximate surface area is 135 Å². The second-order valence-corrected chi connectivity index (χ2v) is 5.92. The molecule has 1 aromatic rings. The van der Waals surface area contributed by atoms with Crippen molar-refractivity contribution in [3.63, 3.8) is 0 Å². The van der Waals surface area contributed by atoms with Gasteiger partial charge in [-0.15, -0.1) is 11.3 Å². The Morgan fingerprint density at radius 2 is 1.74 bits per heavy atom. The third-order valence-corrected chi connectivity index (χ3v) is 4.78. The molecule has 0 aliphatic carbocycles. The Kier molecular flexibility index (Phi) is 3.65. The maximum Gasteiger partial charge on any atom is 0.350 e. The molecule has 0 saturated carbocycles. The summed E-state index contributed by atoms with van der Waals surface area (Å²) in [5.41, 5.74) is 0.846. The number of fused-ring (bicyclic) bond motifs is 3. The molecule has 0 bridgehead atoms. The van der Waals surface area contributed by atoms with Gasteiger partial charge in [-0.2, -0.15) is 0 Å². The molecule has 3 rings (SSSR count). The van der Waals surface area contributed by atoms with Crippen LogP contribution in [0, 0.1) is 6.92 Å². The zero-order valence-electron chi connectivity index (χ0n) is 12.7. The summed E-state index contributed by atoms with van der Waals surface area (Å²) in [7, 11) is 2.49. The van der Waals surface area contributed by atoms with Gasteiger partial charge < -0.3 is 9.47 Å². The molecule has 2 aliphatic heterocycles. The van der Waals surface area contributed by atoms with Gasteiger partial charge in [0.05, 0.1) is 35.7 Å². The SMILES string of the molecule is COC(=O)c1sc2ccccc2n2c(=O)c(C)c(C(=O)OC)c1-2. The van der Waals surface area contributed by atoms with Crippen LogP contribution in [0.4, 0.5) is 0 Å². The third-order valence-electron chi connectivity index (χ3n) is 3.65. The van der Waals surface area contributed by atoms with Crippen LogP contribution in [0.2, 0.25) is 0 Å². The number of ether oxygens (including phenoxy) is 2. The molecule has 2 heterocycles. The third kappa shape index (κ3) is 2.12. The molecule has 0 unspecified atom stereocenters. The first-order valence-corrected chi connectivity index (χ1v) is 7.56. The predicted molar refractivity (Wildman–Crippen MR) is 86.0 cm³/mol. The second kappa shape index (κ2) is 5.51. The quantitative estimate of drug-likeness (QED) is 0.674. The van der Waals surface area contributed by atoms with Crippen molar-refractivity contribution in [2.24, 2.45) is 0 Å². The lowest BCUT2D eigenvalue weighted by Gasteiger charge is -2.13. The first-order chi connectivity index (χ1) is 11.0. The summed E-state index contributed by atoms with van der Waals surface area (Å²) in [5.74, 6) is -1.26. The van der Waals surface area contributed by atoms with Crippen LogP contribution in [0.25, 0.3) is 15.9 Å². The Bertz CT molecular complexity index is 969. The van der Waals surface area contributed by atoms with Crippen LogP contribution in [-0.4, -0.2) is 30.7 Å². The van der Waals surface area contributed by atoms with E-state index in [1.807, 2.05) is 6.07 Å². The molecule has 2 aliphatic rings. The van der Waals surface area contributed by atoms with Gasteiger partial charge >= 0.3 is 11.9 Å². The van der Waals surface area contributed by atoms with E-state index < -0.39 is 11.9 Å². The van der Waals surface area contributed by atoms with Gasteiger partial charge in [0.15, 0.2) is 0 Å². The average Bonchev–Trinajstić information content (AvgIpc) is 2.85. The molecule has 6 nitrogen and oxygen atoms in total. The van der Waals surface area contributed by atoms with E-state index in [4.69, 9.17) is 9.47 Å². The van der Waals surface area contributed by atoms with Crippen LogP contribution in [0.15, 0.2) is 29.1 Å². The fourth-order valence-electron chi connectivity index (χ4n) is 2.58. The fourth-order valence-corrected chi connectivity index (χ4v) is 3.67. The van der Waals surface area contributed by atoms with Crippen molar-refractivity contribution < 1.29 is 19.1 Å². The number of hydrogen-bond donors (Lipinski definition) is 0. The molecular weight excluding hydrogens is 318 g/mol. The maximum atomic E-state index is 12.7. The van der Waals surface area contributed by atoms with Gasteiger partial charge in [0.1, 0.15) is 4.88 Å². The van der Waals surface area contributed by atoms with Gasteiger partial charge in [0, 0.05) is 5.56 Å². The average molecular weight is 331 g/mol. The summed E-state index contributed by atoms with van der Waals surface area (Å²) in [5, 5.41) is 0. The van der Waals surface area contributed by atoms with E-state index in [-0.39, 0.29) is 27.3 Å². The molecule has 0 radical (unpaired) electrons. The molecule has 1 aromatic carbocycles. The summed E-state index contributed by atoms with van der Waals surface area (Å²) >= 11 is 1.17. The van der Waals surface area contributed by atoms with Crippen molar-refractivity contribution in [1.29, 1.82) is 0 Å². The summed E-state index contributed by atoms with van der Waals surface area (Å²) in [4.78, 5) is 37.2. The Morgan fingerprint density at radius 1 is 1.09 bits per heavy atom. The topological polar surface area (TPSA) is 74.6 Å². The lowest BCUT2D eigenvalue weighted by atomic mass is 10.1. The molecule has 0 N–H and O–H groups in total. The van der Waals surface area contributed by atoms with Crippen molar-refractivity contribution in [3.8, 4) is 5.69 Å². The number of para-hydroxylation sites is 1. The van der Waals surface area contributed by atoms with Crippen molar-refractivity contribution in [2.45, 2.75) is 6.92 Å². The zero-order chi connectivity index (χ0) is 16.7. The number of rotatable bonds is 2. The molecule has 0 aromatic heterocycles. The molecule has 23 heavy (non-hydrogen) atoms. The Hall–Kier alpha value is -2.67. The van der Waals surface area contributed by atoms with Gasteiger partial charge in [0.25, 0.3) is 5.56 Å². The summed E-state index contributed by atoms with van der Waals surface area (Å²) in [6.07, 6.45) is 0. The lowest BCUT2D eigenvalue weighted by Crippen LogP contribution is -2.17. The van der Waals surface area contributed by atoms with E-state index in [1.54, 1.807) is 25.1 Å². The van der Waals surface area contributed by atoms with Crippen molar-refractivity contribution in [2.75, 3.05) is 14.2 Å². The van der Waals surface area contributed by atoms with Crippen LogP contribution in [-0.2, 0) is 9.47 Å². The van der Waals surface area contributed by atoms with Crippen LogP contribution >= 0.6 is 11.3 Å². The van der Waals surface area contributed by atoms with Crippen molar-refractivity contribution in [1.82, 2.24) is 4.57 Å². The lowest BCUT2D eigenvalue weighted by molar-refractivity contribution is 0.0601. The van der Waals surface area contributed by atoms with Gasteiger partial charge in [-0.1, -0.05) is 12.1 Å². The van der Waals surface area contributed by atoms with E-state index in [2.05, 4.69) is 0 Å². The molecular formula is C16H13NO5S. The monoisotopic (exact) mass is 331 g/mol. The molecule has 0 amide bonds. The number of aromatic nitrogens is 1. The maximum absolute atomic E-state index is 12.7. The van der Waals surface area contributed by atoms with E-state index >= 15 is 0 Å². The van der Waals surface area contributed by atoms with Gasteiger partial charge in [-0.05, 0) is 19.1 Å². The number of nitrogens with zero attached hydrogens (tertiary/aromatic N) is 1. The number of carbonyl (C=O) groups excluding carboxylic acids is 2. The first-order valence-electron chi connectivity index (χ1n) is 6.74. The Balaban J connectivity index is 2.58. The highest BCUT2D eigenvalue weighted by atomic mass is 32.1. The minimum Gasteiger partial charge on any atom is -0.465 e. The van der Waals surface area contributed by atoms with Crippen LogP contribution in [0.5, 0.6) is 0 Å². The molecule has 0 spiro atoms. The largest absolute Gasteiger partial charge is 0.465 e. The van der Waals surface area contributed by atoms with Crippen LogP contribution < -0.4 is 5.56 Å².